The molecule has 1 N–H and O–H groups in total. The summed E-state index contributed by atoms with van der Waals surface area (Å²) in [6, 6.07) is 4.28. The number of thiophene rings is 1. The van der Waals surface area contributed by atoms with Gasteiger partial charge in [0.25, 0.3) is 11.1 Å². The van der Waals surface area contributed by atoms with Crippen molar-refractivity contribution >= 4 is 28.6 Å². The smallest absolute Gasteiger partial charge is 0.282 e. The molecule has 0 aliphatic carbocycles. The predicted molar refractivity (Wildman–Crippen MR) is 98.1 cm³/mol. The fraction of sp³-hybridized carbons (Fsp3) is 0.529. The number of amides is 1. The Morgan fingerprint density at radius 2 is 2.08 bits per heavy atom. The van der Waals surface area contributed by atoms with Gasteiger partial charge < -0.3 is 14.8 Å². The molecule has 134 valence electrons. The van der Waals surface area contributed by atoms with Gasteiger partial charge >= 0.3 is 0 Å². The monoisotopic (exact) mass is 379 g/mol. The van der Waals surface area contributed by atoms with Gasteiger partial charge in [0.2, 0.25) is 0 Å². The quantitative estimate of drug-likeness (QED) is 0.864. The molecule has 0 radical (unpaired) electrons. The van der Waals surface area contributed by atoms with Gasteiger partial charge in [0.1, 0.15) is 0 Å². The van der Waals surface area contributed by atoms with E-state index in [1.165, 1.54) is 35.5 Å². The van der Waals surface area contributed by atoms with Crippen LogP contribution in [0.2, 0.25) is 0 Å². The third-order valence-corrected chi connectivity index (χ3v) is 6.93. The number of nitrogens with zero attached hydrogens (tertiary/aromatic N) is 2. The second-order valence-corrected chi connectivity index (χ2v) is 8.49. The van der Waals surface area contributed by atoms with Crippen LogP contribution < -0.4 is 14.8 Å². The molecular weight excluding hydrogens is 358 g/mol. The lowest BCUT2D eigenvalue weighted by Gasteiger charge is -2.49. The Labute approximate surface area is 154 Å². The summed E-state index contributed by atoms with van der Waals surface area (Å²) in [4.78, 5) is 19.9. The molecule has 3 fully saturated rings. The van der Waals surface area contributed by atoms with E-state index in [0.29, 0.717) is 32.2 Å². The first-order valence-electron chi connectivity index (χ1n) is 8.46. The Balaban J connectivity index is 1.40. The lowest BCUT2D eigenvalue weighted by molar-refractivity contribution is 0.0218. The Morgan fingerprint density at radius 3 is 2.76 bits per heavy atom. The Bertz CT molecular complexity index is 750. The zero-order chi connectivity index (χ0) is 17.4. The topological polar surface area (TPSA) is 63.7 Å². The molecule has 2 aromatic heterocycles. The van der Waals surface area contributed by atoms with Crippen LogP contribution in [0.4, 0.5) is 0 Å². The zero-order valence-electron chi connectivity index (χ0n) is 14.2. The number of rotatable bonds is 5. The van der Waals surface area contributed by atoms with Gasteiger partial charge in [-0.25, -0.2) is 4.98 Å². The Hall–Kier alpha value is -1.64. The highest BCUT2D eigenvalue weighted by Crippen LogP contribution is 2.35. The van der Waals surface area contributed by atoms with Crippen LogP contribution in [0.1, 0.15) is 29.4 Å². The van der Waals surface area contributed by atoms with Gasteiger partial charge in [-0.05, 0) is 62.2 Å². The van der Waals surface area contributed by atoms with Crippen molar-refractivity contribution in [2.24, 2.45) is 5.92 Å². The van der Waals surface area contributed by atoms with E-state index in [1.54, 1.807) is 13.3 Å². The molecule has 5 heterocycles. The average molecular weight is 380 g/mol. The van der Waals surface area contributed by atoms with Crippen LogP contribution in [0.15, 0.2) is 18.3 Å². The van der Waals surface area contributed by atoms with Crippen LogP contribution in [-0.4, -0.2) is 48.1 Å². The third kappa shape index (κ3) is 3.38. The number of hydrogen-bond donors (Lipinski definition) is 1. The number of carbonyl (C=O) groups excluding carboxylic acids is 1. The number of methoxy groups -OCH3 is 1. The SMILES string of the molecule is COc1cnc(Oc2ccc(C(=O)NC3C4CCN(CC4)C3C)s2)s1. The molecule has 3 aliphatic heterocycles. The van der Waals surface area contributed by atoms with E-state index in [-0.39, 0.29) is 11.9 Å². The minimum atomic E-state index is -0.0119. The van der Waals surface area contributed by atoms with E-state index in [4.69, 9.17) is 9.47 Å². The first-order valence-corrected chi connectivity index (χ1v) is 10.1. The lowest BCUT2D eigenvalue weighted by Crippen LogP contribution is -2.62. The van der Waals surface area contributed by atoms with Crippen LogP contribution in [0.3, 0.4) is 0 Å². The summed E-state index contributed by atoms with van der Waals surface area (Å²) in [5.74, 6) is 0.588. The number of carbonyl (C=O) groups is 1. The Morgan fingerprint density at radius 1 is 1.28 bits per heavy atom. The predicted octanol–water partition coefficient (Wildman–Crippen LogP) is 3.22. The summed E-state index contributed by atoms with van der Waals surface area (Å²) < 4.78 is 10.8. The molecule has 2 bridgehead atoms. The lowest BCUT2D eigenvalue weighted by atomic mass is 9.79. The highest BCUT2D eigenvalue weighted by Gasteiger charge is 2.40. The van der Waals surface area contributed by atoms with Crippen LogP contribution in [0.5, 0.6) is 15.3 Å². The van der Waals surface area contributed by atoms with Gasteiger partial charge in [0, 0.05) is 12.1 Å². The number of nitrogens with one attached hydrogen (secondary N) is 1. The molecule has 8 heteroatoms. The minimum Gasteiger partial charge on any atom is -0.486 e. The maximum atomic E-state index is 12.6. The van der Waals surface area contributed by atoms with Crippen LogP contribution >= 0.6 is 22.7 Å². The van der Waals surface area contributed by atoms with E-state index in [2.05, 4.69) is 22.1 Å². The summed E-state index contributed by atoms with van der Waals surface area (Å²) >= 11 is 2.67. The molecule has 2 aromatic rings. The summed E-state index contributed by atoms with van der Waals surface area (Å²) in [7, 11) is 1.60. The summed E-state index contributed by atoms with van der Waals surface area (Å²) in [6.07, 6.45) is 3.98. The molecule has 1 amide bonds. The first-order chi connectivity index (χ1) is 12.1. The van der Waals surface area contributed by atoms with Crippen LogP contribution in [-0.2, 0) is 0 Å². The fourth-order valence-corrected chi connectivity index (χ4v) is 5.15. The summed E-state index contributed by atoms with van der Waals surface area (Å²) in [5, 5.41) is 5.11. The average Bonchev–Trinajstić information content (AvgIpc) is 3.28. The Kier molecular flexibility index (Phi) is 4.66. The van der Waals surface area contributed by atoms with E-state index < -0.39 is 0 Å². The number of aromatic nitrogens is 1. The van der Waals surface area contributed by atoms with Crippen LogP contribution in [0, 0.1) is 5.92 Å². The number of ether oxygens (including phenoxy) is 2. The molecule has 3 saturated heterocycles. The number of thiazole rings is 1. The molecule has 2 atom stereocenters. The van der Waals surface area contributed by atoms with Crippen molar-refractivity contribution in [3.05, 3.63) is 23.2 Å². The molecular formula is C17H21N3O3S2. The molecule has 0 spiro atoms. The fourth-order valence-electron chi connectivity index (χ4n) is 3.74. The maximum Gasteiger partial charge on any atom is 0.282 e. The van der Waals surface area contributed by atoms with Crippen molar-refractivity contribution in [2.45, 2.75) is 31.8 Å². The van der Waals surface area contributed by atoms with Crippen molar-refractivity contribution in [3.8, 4) is 15.3 Å². The third-order valence-electron chi connectivity index (χ3n) is 5.13. The number of fused-ring (bicyclic) bond motifs is 3. The van der Waals surface area contributed by atoms with Crippen LogP contribution in [0.25, 0.3) is 0 Å². The van der Waals surface area contributed by atoms with E-state index in [9.17, 15) is 4.79 Å². The normalized spacial score (nSPS) is 27.9. The van der Waals surface area contributed by atoms with E-state index in [1.807, 2.05) is 12.1 Å². The highest BCUT2D eigenvalue weighted by atomic mass is 32.1. The molecule has 3 aliphatic rings. The molecule has 25 heavy (non-hydrogen) atoms. The van der Waals surface area contributed by atoms with Crippen molar-refractivity contribution in [1.29, 1.82) is 0 Å². The summed E-state index contributed by atoms with van der Waals surface area (Å²) in [6.45, 7) is 4.54. The van der Waals surface area contributed by atoms with Gasteiger partial charge in [0.15, 0.2) is 10.1 Å². The second kappa shape index (κ2) is 6.93. The molecule has 0 aromatic carbocycles. The molecule has 5 rings (SSSR count). The largest absolute Gasteiger partial charge is 0.486 e. The van der Waals surface area contributed by atoms with E-state index >= 15 is 0 Å². The molecule has 6 nitrogen and oxygen atoms in total. The zero-order valence-corrected chi connectivity index (χ0v) is 15.9. The van der Waals surface area contributed by atoms with Gasteiger partial charge in [-0.1, -0.05) is 11.3 Å². The van der Waals surface area contributed by atoms with Gasteiger partial charge in [0.05, 0.1) is 18.2 Å². The van der Waals surface area contributed by atoms with Gasteiger partial charge in [-0.2, -0.15) is 0 Å². The van der Waals surface area contributed by atoms with Crippen molar-refractivity contribution < 1.29 is 14.3 Å². The first kappa shape index (κ1) is 16.8. The summed E-state index contributed by atoms with van der Waals surface area (Å²) in [5.41, 5.74) is 0. The van der Waals surface area contributed by atoms with Gasteiger partial charge in [-0.3, -0.25) is 9.69 Å². The minimum absolute atomic E-state index is 0.0119. The highest BCUT2D eigenvalue weighted by molar-refractivity contribution is 7.16. The molecule has 0 saturated carbocycles. The number of hydrogen-bond acceptors (Lipinski definition) is 7. The van der Waals surface area contributed by atoms with Gasteiger partial charge in [-0.15, -0.1) is 0 Å². The maximum absolute atomic E-state index is 12.6. The van der Waals surface area contributed by atoms with E-state index in [0.717, 1.165) is 13.1 Å². The number of piperidine rings is 3. The van der Waals surface area contributed by atoms with Crippen molar-refractivity contribution in [1.82, 2.24) is 15.2 Å². The van der Waals surface area contributed by atoms with Crippen molar-refractivity contribution in [3.63, 3.8) is 0 Å². The second-order valence-electron chi connectivity index (χ2n) is 6.48. The standard InChI is InChI=1S/C17H21N3O3S2/c1-10-15(11-5-7-20(10)8-6-11)19-16(21)12-3-4-13(24-12)23-17-18-9-14(22-2)25-17/h3-4,9-11,15H,5-8H2,1-2H3,(H,19,21). The molecule has 2 unspecified atom stereocenters. The van der Waals surface area contributed by atoms with Crippen molar-refractivity contribution in [2.75, 3.05) is 20.2 Å².